The van der Waals surface area contributed by atoms with E-state index in [1.807, 2.05) is 42.2 Å². The van der Waals surface area contributed by atoms with Gasteiger partial charge in [-0.25, -0.2) is 0 Å². The minimum atomic E-state index is 0. The van der Waals surface area contributed by atoms with Gasteiger partial charge in [0.2, 0.25) is 5.91 Å². The van der Waals surface area contributed by atoms with Crippen molar-refractivity contribution in [1.82, 2.24) is 15.1 Å². The molecule has 8 heteroatoms. The predicted octanol–water partition coefficient (Wildman–Crippen LogP) is 2.21. The molecule has 164 valence electrons. The molecule has 1 aromatic rings. The van der Waals surface area contributed by atoms with E-state index < -0.39 is 0 Å². The van der Waals surface area contributed by atoms with Crippen LogP contribution in [0.2, 0.25) is 0 Å². The fourth-order valence-corrected chi connectivity index (χ4v) is 3.33. The maximum Gasteiger partial charge on any atom is 0.242 e. The molecule has 29 heavy (non-hydrogen) atoms. The van der Waals surface area contributed by atoms with Gasteiger partial charge in [0.05, 0.1) is 26.4 Å². The summed E-state index contributed by atoms with van der Waals surface area (Å²) >= 11 is 0. The van der Waals surface area contributed by atoms with Crippen LogP contribution in [0.1, 0.15) is 18.9 Å². The standard InChI is InChI=1S/C21H34N4O3.HI/c1-4-24(15-18-8-6-5-7-9-18)20(26)14-23-21(22-2)25-11-10-19(16-25)17-28-13-12-27-3;/h5-9,19H,4,10-17H2,1-3H3,(H,22,23);1H. The number of rotatable bonds is 10. The highest BCUT2D eigenvalue weighted by molar-refractivity contribution is 14.0. The van der Waals surface area contributed by atoms with Gasteiger partial charge >= 0.3 is 0 Å². The van der Waals surface area contributed by atoms with E-state index in [-0.39, 0.29) is 36.4 Å². The quantitative estimate of drug-likeness (QED) is 0.223. The maximum absolute atomic E-state index is 12.6. The second kappa shape index (κ2) is 14.6. The molecule has 0 spiro atoms. The van der Waals surface area contributed by atoms with Crippen molar-refractivity contribution in [2.45, 2.75) is 19.9 Å². The molecule has 0 saturated carbocycles. The van der Waals surface area contributed by atoms with Crippen molar-refractivity contribution in [3.63, 3.8) is 0 Å². The van der Waals surface area contributed by atoms with E-state index in [2.05, 4.69) is 15.2 Å². The number of nitrogens with zero attached hydrogens (tertiary/aromatic N) is 3. The van der Waals surface area contributed by atoms with Crippen LogP contribution in [0.3, 0.4) is 0 Å². The van der Waals surface area contributed by atoms with Gasteiger partial charge in [0, 0.05) is 46.3 Å². The van der Waals surface area contributed by atoms with Gasteiger partial charge in [-0.1, -0.05) is 30.3 Å². The molecule has 1 atom stereocenters. The van der Waals surface area contributed by atoms with Gasteiger partial charge in [-0.05, 0) is 18.9 Å². The predicted molar refractivity (Wildman–Crippen MR) is 127 cm³/mol. The first-order valence-corrected chi connectivity index (χ1v) is 10.0. The fraction of sp³-hybridized carbons (Fsp3) is 0.619. The van der Waals surface area contributed by atoms with Crippen LogP contribution in [0.5, 0.6) is 0 Å². The maximum atomic E-state index is 12.6. The number of hydrogen-bond acceptors (Lipinski definition) is 4. The van der Waals surface area contributed by atoms with E-state index in [1.165, 1.54) is 0 Å². The van der Waals surface area contributed by atoms with Crippen LogP contribution >= 0.6 is 24.0 Å². The molecule has 1 aromatic carbocycles. The van der Waals surface area contributed by atoms with Crippen LogP contribution in [-0.4, -0.2) is 81.8 Å². The Bertz CT molecular complexity index is 615. The van der Waals surface area contributed by atoms with Gasteiger partial charge in [-0.3, -0.25) is 9.79 Å². The molecule has 1 heterocycles. The number of likely N-dealkylation sites (tertiary alicyclic amines) is 1. The summed E-state index contributed by atoms with van der Waals surface area (Å²) in [6.45, 7) is 7.36. The highest BCUT2D eigenvalue weighted by Crippen LogP contribution is 2.16. The third-order valence-electron chi connectivity index (χ3n) is 4.93. The van der Waals surface area contributed by atoms with Gasteiger partial charge < -0.3 is 24.6 Å². The summed E-state index contributed by atoms with van der Waals surface area (Å²) in [5, 5.41) is 3.23. The second-order valence-corrected chi connectivity index (χ2v) is 6.96. The Labute approximate surface area is 191 Å². The number of hydrogen-bond donors (Lipinski definition) is 1. The lowest BCUT2D eigenvalue weighted by molar-refractivity contribution is -0.130. The molecule has 2 rings (SSSR count). The first-order chi connectivity index (χ1) is 13.7. The number of benzene rings is 1. The van der Waals surface area contributed by atoms with Gasteiger partial charge in [0.1, 0.15) is 0 Å². The smallest absolute Gasteiger partial charge is 0.242 e. The monoisotopic (exact) mass is 518 g/mol. The van der Waals surface area contributed by atoms with Crippen molar-refractivity contribution in [2.24, 2.45) is 10.9 Å². The van der Waals surface area contributed by atoms with Crippen molar-refractivity contribution >= 4 is 35.8 Å². The van der Waals surface area contributed by atoms with Crippen molar-refractivity contribution in [3.05, 3.63) is 35.9 Å². The molecule has 0 bridgehead atoms. The number of nitrogens with one attached hydrogen (secondary N) is 1. The summed E-state index contributed by atoms with van der Waals surface area (Å²) in [5.41, 5.74) is 1.14. The average molecular weight is 518 g/mol. The molecule has 0 aromatic heterocycles. The van der Waals surface area contributed by atoms with Gasteiger partial charge in [0.15, 0.2) is 5.96 Å². The number of aliphatic imine (C=N–C) groups is 1. The average Bonchev–Trinajstić information content (AvgIpc) is 3.19. The zero-order valence-corrected chi connectivity index (χ0v) is 20.1. The normalized spacial score (nSPS) is 16.4. The topological polar surface area (TPSA) is 66.4 Å². The number of halogens is 1. The Morgan fingerprint density at radius 3 is 2.72 bits per heavy atom. The minimum absolute atomic E-state index is 0. The van der Waals surface area contributed by atoms with Gasteiger partial charge in [-0.2, -0.15) is 0 Å². The molecule has 1 amide bonds. The summed E-state index contributed by atoms with van der Waals surface area (Å²) in [4.78, 5) is 21.0. The highest BCUT2D eigenvalue weighted by atomic mass is 127. The lowest BCUT2D eigenvalue weighted by Gasteiger charge is -2.24. The summed E-state index contributed by atoms with van der Waals surface area (Å²) in [6, 6.07) is 10.1. The molecule has 1 N–H and O–H groups in total. The largest absolute Gasteiger partial charge is 0.382 e. The number of methoxy groups -OCH3 is 1. The van der Waals surface area contributed by atoms with Crippen LogP contribution in [0.15, 0.2) is 35.3 Å². The summed E-state index contributed by atoms with van der Waals surface area (Å²) < 4.78 is 10.7. The first kappa shape index (κ1) is 25.6. The number of ether oxygens (including phenoxy) is 2. The third-order valence-corrected chi connectivity index (χ3v) is 4.93. The molecule has 1 aliphatic rings. The van der Waals surface area contributed by atoms with Crippen LogP contribution in [0.25, 0.3) is 0 Å². The van der Waals surface area contributed by atoms with Crippen molar-refractivity contribution < 1.29 is 14.3 Å². The van der Waals surface area contributed by atoms with Crippen molar-refractivity contribution in [2.75, 3.05) is 60.2 Å². The van der Waals surface area contributed by atoms with Crippen molar-refractivity contribution in [1.29, 1.82) is 0 Å². The van der Waals surface area contributed by atoms with Crippen LogP contribution in [-0.2, 0) is 20.8 Å². The van der Waals surface area contributed by atoms with Gasteiger partial charge in [-0.15, -0.1) is 24.0 Å². The van der Waals surface area contributed by atoms with Crippen LogP contribution < -0.4 is 5.32 Å². The lowest BCUT2D eigenvalue weighted by Crippen LogP contribution is -2.45. The molecule has 1 saturated heterocycles. The van der Waals surface area contributed by atoms with E-state index in [0.29, 0.717) is 32.2 Å². The van der Waals surface area contributed by atoms with Crippen LogP contribution in [0, 0.1) is 5.92 Å². The molecule has 7 nitrogen and oxygen atoms in total. The number of carbonyl (C=O) groups excluding carboxylic acids is 1. The Morgan fingerprint density at radius 2 is 2.07 bits per heavy atom. The second-order valence-electron chi connectivity index (χ2n) is 6.96. The van der Waals surface area contributed by atoms with E-state index in [9.17, 15) is 4.79 Å². The zero-order chi connectivity index (χ0) is 20.2. The van der Waals surface area contributed by atoms with E-state index >= 15 is 0 Å². The minimum Gasteiger partial charge on any atom is -0.382 e. The molecule has 0 aliphatic carbocycles. The summed E-state index contributed by atoms with van der Waals surface area (Å²) in [5.74, 6) is 1.34. The summed E-state index contributed by atoms with van der Waals surface area (Å²) in [7, 11) is 3.44. The first-order valence-electron chi connectivity index (χ1n) is 10.0. The number of likely N-dealkylation sites (N-methyl/N-ethyl adjacent to an activating group) is 1. The summed E-state index contributed by atoms with van der Waals surface area (Å²) in [6.07, 6.45) is 1.07. The molecular formula is C21H35IN4O3. The molecular weight excluding hydrogens is 483 g/mol. The number of carbonyl (C=O) groups is 1. The molecule has 1 aliphatic heterocycles. The van der Waals surface area contributed by atoms with Gasteiger partial charge in [0.25, 0.3) is 0 Å². The van der Waals surface area contributed by atoms with Crippen molar-refractivity contribution in [3.8, 4) is 0 Å². The number of amides is 1. The Hall–Kier alpha value is -1.39. The molecule has 1 fully saturated rings. The van der Waals surface area contributed by atoms with E-state index in [4.69, 9.17) is 9.47 Å². The SMILES string of the molecule is CCN(Cc1ccccc1)C(=O)CNC(=NC)N1CCC(COCCOC)C1.I. The van der Waals surface area contributed by atoms with Crippen LogP contribution in [0.4, 0.5) is 0 Å². The Morgan fingerprint density at radius 1 is 1.31 bits per heavy atom. The van der Waals surface area contributed by atoms with E-state index in [0.717, 1.165) is 37.6 Å². The van der Waals surface area contributed by atoms with E-state index in [1.54, 1.807) is 14.2 Å². The Balaban J connectivity index is 0.00000420. The lowest BCUT2D eigenvalue weighted by atomic mass is 10.1. The highest BCUT2D eigenvalue weighted by Gasteiger charge is 2.25. The third kappa shape index (κ3) is 8.88. The Kier molecular flexibility index (Phi) is 12.9. The number of guanidine groups is 1. The fourth-order valence-electron chi connectivity index (χ4n) is 3.33. The molecule has 0 radical (unpaired) electrons. The zero-order valence-electron chi connectivity index (χ0n) is 17.8. The molecule has 1 unspecified atom stereocenters.